The molecule has 46 heavy (non-hydrogen) atoms. The van der Waals surface area contributed by atoms with Crippen LogP contribution in [-0.4, -0.2) is 100 Å². The molecule has 0 radical (unpaired) electrons. The molecule has 1 atom stereocenters. The zero-order valence-electron chi connectivity index (χ0n) is 26.2. The predicted octanol–water partition coefficient (Wildman–Crippen LogP) is 4.97. The fourth-order valence-corrected chi connectivity index (χ4v) is 7.69. The predicted molar refractivity (Wildman–Crippen MR) is 188 cm³/mol. The number of rotatable bonds is 8. The Morgan fingerprint density at radius 3 is 2.70 bits per heavy atom. The molecule has 2 fully saturated rings. The van der Waals surface area contributed by atoms with Crippen molar-refractivity contribution in [2.75, 3.05) is 75.4 Å². The first-order valence-corrected chi connectivity index (χ1v) is 18.2. The van der Waals surface area contributed by atoms with Crippen LogP contribution in [0.5, 0.6) is 5.75 Å². The average molecular weight is 704 g/mol. The number of morpholine rings is 1. The van der Waals surface area contributed by atoms with Gasteiger partial charge < -0.3 is 25.0 Å². The van der Waals surface area contributed by atoms with E-state index in [1.807, 2.05) is 36.3 Å². The molecule has 238 valence electrons. The summed E-state index contributed by atoms with van der Waals surface area (Å²) in [4.78, 5) is 23.6. The number of hydrogen-bond donors (Lipinski definition) is 2. The zero-order chi connectivity index (χ0) is 31.8. The van der Waals surface area contributed by atoms with Crippen molar-refractivity contribution in [1.82, 2.24) is 34.6 Å². The van der Waals surface area contributed by atoms with Crippen molar-refractivity contribution >= 4 is 69.0 Å². The van der Waals surface area contributed by atoms with Gasteiger partial charge in [0.2, 0.25) is 5.95 Å². The first kappa shape index (κ1) is 30.7. The molecule has 2 aromatic carbocycles. The Morgan fingerprint density at radius 2 is 1.89 bits per heavy atom. The van der Waals surface area contributed by atoms with Crippen molar-refractivity contribution in [1.29, 1.82) is 0 Å². The summed E-state index contributed by atoms with van der Waals surface area (Å²) in [5, 5.41) is 12.6. The van der Waals surface area contributed by atoms with E-state index in [0.717, 1.165) is 88.4 Å². The second kappa shape index (κ2) is 13.1. The number of nitrogens with zero attached hydrogens (tertiary/aromatic N) is 8. The summed E-state index contributed by atoms with van der Waals surface area (Å²) in [7, 11) is 3.13. The lowest BCUT2D eigenvalue weighted by Crippen LogP contribution is -2.58. The van der Waals surface area contributed by atoms with Crippen LogP contribution in [0.2, 0.25) is 0 Å². The highest BCUT2D eigenvalue weighted by atomic mass is 79.9. The molecule has 0 saturated carbocycles. The number of halogens is 1. The van der Waals surface area contributed by atoms with Crippen LogP contribution in [0.25, 0.3) is 22.2 Å². The summed E-state index contributed by atoms with van der Waals surface area (Å²) in [6.07, 6.45) is 9.13. The topological polar surface area (TPSA) is 118 Å². The second-order valence-electron chi connectivity index (χ2n) is 11.6. The minimum Gasteiger partial charge on any atom is -0.494 e. The molecule has 2 aliphatic heterocycles. The van der Waals surface area contributed by atoms with Crippen LogP contribution in [0.1, 0.15) is 0 Å². The molecule has 2 saturated heterocycles. The highest BCUT2D eigenvalue weighted by Crippen LogP contribution is 2.41. The highest BCUT2D eigenvalue weighted by Gasteiger charge is 2.31. The maximum Gasteiger partial charge on any atom is 0.229 e. The van der Waals surface area contributed by atoms with E-state index < -0.39 is 7.92 Å². The number of fused-ring (bicyclic) bond motifs is 2. The van der Waals surface area contributed by atoms with Crippen LogP contribution >= 0.6 is 23.9 Å². The number of hydrogen-bond acceptors (Lipinski definition) is 11. The Bertz CT molecular complexity index is 1890. The molecule has 7 rings (SSSR count). The highest BCUT2D eigenvalue weighted by molar-refractivity contribution is 9.10. The number of piperazine rings is 1. The van der Waals surface area contributed by atoms with E-state index >= 15 is 0 Å². The Morgan fingerprint density at radius 1 is 1.02 bits per heavy atom. The molecule has 2 aliphatic rings. The van der Waals surface area contributed by atoms with Crippen molar-refractivity contribution < 1.29 is 9.47 Å². The number of ether oxygens (including phenoxy) is 2. The molecule has 2 N–H and O–H groups in total. The van der Waals surface area contributed by atoms with Gasteiger partial charge in [-0.1, -0.05) is 7.92 Å². The Balaban J connectivity index is 1.23. The van der Waals surface area contributed by atoms with Crippen molar-refractivity contribution in [3.63, 3.8) is 0 Å². The maximum atomic E-state index is 5.95. The molecule has 5 aromatic rings. The first-order valence-electron chi connectivity index (χ1n) is 15.1. The van der Waals surface area contributed by atoms with Gasteiger partial charge in [-0.15, -0.1) is 0 Å². The Kier molecular flexibility index (Phi) is 8.74. The van der Waals surface area contributed by atoms with Gasteiger partial charge in [-0.25, -0.2) is 4.98 Å². The largest absolute Gasteiger partial charge is 0.494 e. The second-order valence-corrected chi connectivity index (χ2v) is 14.7. The van der Waals surface area contributed by atoms with E-state index in [1.165, 1.54) is 0 Å². The lowest BCUT2D eigenvalue weighted by atomic mass is 10.0. The zero-order valence-corrected chi connectivity index (χ0v) is 28.7. The lowest BCUT2D eigenvalue weighted by molar-refractivity contribution is -0.0116. The molecular weight excluding hydrogens is 667 g/mol. The number of aryl methyl sites for hydroxylation is 1. The van der Waals surface area contributed by atoms with Crippen LogP contribution < -0.4 is 25.6 Å². The molecule has 3 aromatic heterocycles. The molecule has 12 nitrogen and oxygen atoms in total. The van der Waals surface area contributed by atoms with Crippen LogP contribution in [0.3, 0.4) is 0 Å². The van der Waals surface area contributed by atoms with Crippen molar-refractivity contribution in [3.05, 3.63) is 59.7 Å². The van der Waals surface area contributed by atoms with Gasteiger partial charge >= 0.3 is 0 Å². The fraction of sp³-hybridized carbons (Fsp3) is 0.344. The fourth-order valence-electron chi connectivity index (χ4n) is 6.19. The number of anilines is 5. The van der Waals surface area contributed by atoms with Gasteiger partial charge in [0, 0.05) is 91.9 Å². The summed E-state index contributed by atoms with van der Waals surface area (Å²) in [6, 6.07) is 8.60. The molecule has 1 unspecified atom stereocenters. The van der Waals surface area contributed by atoms with Gasteiger partial charge in [0.25, 0.3) is 0 Å². The van der Waals surface area contributed by atoms with E-state index in [9.17, 15) is 0 Å². The van der Waals surface area contributed by atoms with Crippen molar-refractivity contribution in [3.8, 4) is 16.9 Å². The number of nitrogens with one attached hydrogen (secondary N) is 2. The minimum atomic E-state index is -0.490. The van der Waals surface area contributed by atoms with Crippen LogP contribution in [0.15, 0.2) is 59.7 Å². The van der Waals surface area contributed by atoms with Gasteiger partial charge in [-0.2, -0.15) is 10.1 Å². The van der Waals surface area contributed by atoms with E-state index in [-0.39, 0.29) is 0 Å². The van der Waals surface area contributed by atoms with Crippen molar-refractivity contribution in [2.24, 2.45) is 7.05 Å². The molecular formula is C32H36BrN10O2P. The molecule has 14 heteroatoms. The maximum absolute atomic E-state index is 5.95. The Labute approximate surface area is 277 Å². The van der Waals surface area contributed by atoms with Crippen LogP contribution in [-0.2, 0) is 11.8 Å². The van der Waals surface area contributed by atoms with Crippen molar-refractivity contribution in [2.45, 2.75) is 6.04 Å². The van der Waals surface area contributed by atoms with Gasteiger partial charge in [-0.3, -0.25) is 19.5 Å². The smallest absolute Gasteiger partial charge is 0.229 e. The SMILES string of the molecule is COc1cc(N2CCN3CCOCC3C2)c(-c2cnn(C)c2)cc1Nc1ncc(Br)c(Nc2ccc3nccnc3c2P(C)C)n1. The van der Waals surface area contributed by atoms with E-state index in [2.05, 4.69) is 81.9 Å². The summed E-state index contributed by atoms with van der Waals surface area (Å²) in [5.74, 6) is 1.76. The third-order valence-electron chi connectivity index (χ3n) is 8.42. The number of aromatic nitrogens is 6. The summed E-state index contributed by atoms with van der Waals surface area (Å²) in [6.45, 7) is 9.76. The Hall–Kier alpha value is -3.90. The van der Waals surface area contributed by atoms with Crippen LogP contribution in [0.4, 0.5) is 28.8 Å². The minimum absolute atomic E-state index is 0.363. The number of benzene rings is 2. The standard InChI is InChI=1S/C32H36BrN10O2P/c1-41-17-20(15-37-41)22-13-26(28(44-2)14-27(22)43-10-9-42-11-12-45-19-21(42)18-43)39-32-36-16-23(33)31(40-32)38-25-6-5-24-29(30(25)46(3)4)35-8-7-34-24/h5-8,13-17,21H,9-12,18-19H2,1-4H3,(H2,36,38,39,40). The molecule has 0 amide bonds. The molecule has 0 bridgehead atoms. The third-order valence-corrected chi connectivity index (χ3v) is 10.3. The molecule has 5 heterocycles. The van der Waals surface area contributed by atoms with Gasteiger partial charge in [0.15, 0.2) is 0 Å². The van der Waals surface area contributed by atoms with Crippen LogP contribution in [0, 0.1) is 0 Å². The van der Waals surface area contributed by atoms with Gasteiger partial charge in [-0.05, 0) is 47.5 Å². The third kappa shape index (κ3) is 6.12. The van der Waals surface area contributed by atoms with E-state index in [4.69, 9.17) is 14.5 Å². The molecule has 0 spiro atoms. The summed E-state index contributed by atoms with van der Waals surface area (Å²) >= 11 is 3.65. The molecule has 0 aliphatic carbocycles. The summed E-state index contributed by atoms with van der Waals surface area (Å²) in [5.41, 5.74) is 6.64. The average Bonchev–Trinajstić information content (AvgIpc) is 3.51. The number of methoxy groups -OCH3 is 1. The van der Waals surface area contributed by atoms with E-state index in [1.54, 1.807) is 25.7 Å². The quantitative estimate of drug-likeness (QED) is 0.214. The first-order chi connectivity index (χ1) is 22.4. The lowest BCUT2D eigenvalue weighted by Gasteiger charge is -2.45. The normalized spacial score (nSPS) is 16.9. The monoisotopic (exact) mass is 702 g/mol. The van der Waals surface area contributed by atoms with Gasteiger partial charge in [0.05, 0.1) is 53.8 Å². The van der Waals surface area contributed by atoms with Gasteiger partial charge in [0.1, 0.15) is 11.6 Å². The van der Waals surface area contributed by atoms with E-state index in [0.29, 0.717) is 23.6 Å². The summed E-state index contributed by atoms with van der Waals surface area (Å²) < 4.78 is 14.3.